The Morgan fingerprint density at radius 1 is 0.886 bits per heavy atom. The molecule has 0 unspecified atom stereocenters. The van der Waals surface area contributed by atoms with E-state index in [1.54, 1.807) is 6.20 Å². The van der Waals surface area contributed by atoms with E-state index >= 15 is 0 Å². The molecule has 35 heavy (non-hydrogen) atoms. The smallest absolute Gasteiger partial charge is 0.174 e. The number of aryl methyl sites for hydroxylation is 4. The molecule has 0 aliphatic rings. The van der Waals surface area contributed by atoms with Crippen LogP contribution in [0, 0.1) is 13.8 Å². The van der Waals surface area contributed by atoms with Gasteiger partial charge in [-0.1, -0.05) is 23.4 Å². The number of benzene rings is 1. The Labute approximate surface area is 202 Å². The molecule has 0 bridgehead atoms. The van der Waals surface area contributed by atoms with Crippen LogP contribution in [0.3, 0.4) is 0 Å². The van der Waals surface area contributed by atoms with Gasteiger partial charge < -0.3 is 10.1 Å². The number of ether oxygens (including phenoxy) is 1. The lowest BCUT2D eigenvalue weighted by Gasteiger charge is -2.13. The van der Waals surface area contributed by atoms with Gasteiger partial charge in [-0.15, -0.1) is 10.2 Å². The molecule has 4 heterocycles. The van der Waals surface area contributed by atoms with E-state index in [0.29, 0.717) is 35.3 Å². The van der Waals surface area contributed by atoms with Crippen LogP contribution in [0.25, 0.3) is 11.4 Å². The van der Waals surface area contributed by atoms with Crippen molar-refractivity contribution >= 4 is 11.5 Å². The molecule has 0 saturated carbocycles. The number of nitrogens with one attached hydrogen (secondary N) is 2. The van der Waals surface area contributed by atoms with Gasteiger partial charge in [0.25, 0.3) is 0 Å². The molecule has 5 aromatic rings. The third-order valence-electron chi connectivity index (χ3n) is 5.31. The maximum Gasteiger partial charge on any atom is 0.174 e. The fourth-order valence-electron chi connectivity index (χ4n) is 3.65. The molecular weight excluding hydrogens is 440 g/mol. The lowest BCUT2D eigenvalue weighted by atomic mass is 10.1. The number of aromatic amines is 1. The van der Waals surface area contributed by atoms with Crippen LogP contribution in [-0.2, 0) is 12.8 Å². The van der Waals surface area contributed by atoms with Gasteiger partial charge in [0, 0.05) is 35.8 Å². The van der Waals surface area contributed by atoms with Crippen molar-refractivity contribution < 1.29 is 4.74 Å². The fourth-order valence-corrected chi connectivity index (χ4v) is 3.65. The lowest BCUT2D eigenvalue weighted by molar-refractivity contribution is 0.481. The van der Waals surface area contributed by atoms with Gasteiger partial charge in [0.1, 0.15) is 17.3 Å². The Hall–Kier alpha value is -4.66. The van der Waals surface area contributed by atoms with Crippen LogP contribution in [0.1, 0.15) is 22.8 Å². The second-order valence-electron chi connectivity index (χ2n) is 8.10. The van der Waals surface area contributed by atoms with E-state index < -0.39 is 0 Å². The molecule has 0 aliphatic heterocycles. The first-order valence-electron chi connectivity index (χ1n) is 11.3. The van der Waals surface area contributed by atoms with Crippen LogP contribution in [-0.4, -0.2) is 35.6 Å². The number of anilines is 2. The minimum atomic E-state index is 0.634. The SMILES string of the molecule is Cc1cccc(-c2nc(C)ccc2Oc2ccnc(Nc3cccc(CCc4nn[nH]n4)c3)c2)n1. The summed E-state index contributed by atoms with van der Waals surface area (Å²) in [5.41, 5.74) is 5.39. The first-order valence-corrected chi connectivity index (χ1v) is 11.3. The standard InChI is InChI=1S/C26H24N8O/c1-17-5-3-8-22(28-17)26-23(11-9-18(2)29-26)35-21-13-14-27-25(16-21)30-20-7-4-6-19(15-20)10-12-24-31-33-34-32-24/h3-9,11,13-16H,10,12H2,1-2H3,(H,27,30)(H,31,32,33,34). The minimum absolute atomic E-state index is 0.634. The van der Waals surface area contributed by atoms with E-state index in [1.807, 2.05) is 68.4 Å². The summed E-state index contributed by atoms with van der Waals surface area (Å²) in [6.45, 7) is 3.91. The fraction of sp³-hybridized carbons (Fsp3) is 0.154. The van der Waals surface area contributed by atoms with Crippen LogP contribution < -0.4 is 10.1 Å². The van der Waals surface area contributed by atoms with E-state index in [4.69, 9.17) is 4.74 Å². The van der Waals surface area contributed by atoms with Gasteiger partial charge in [-0.2, -0.15) is 5.21 Å². The average Bonchev–Trinajstić information content (AvgIpc) is 3.38. The summed E-state index contributed by atoms with van der Waals surface area (Å²) in [6.07, 6.45) is 3.23. The van der Waals surface area contributed by atoms with Crippen LogP contribution >= 0.6 is 0 Å². The van der Waals surface area contributed by atoms with Gasteiger partial charge in [-0.3, -0.25) is 4.98 Å². The van der Waals surface area contributed by atoms with E-state index in [2.05, 4.69) is 53.0 Å². The molecule has 0 radical (unpaired) electrons. The Kier molecular flexibility index (Phi) is 6.38. The predicted molar refractivity (Wildman–Crippen MR) is 133 cm³/mol. The van der Waals surface area contributed by atoms with Crippen molar-refractivity contribution in [3.8, 4) is 22.9 Å². The highest BCUT2D eigenvalue weighted by Gasteiger charge is 2.12. The van der Waals surface area contributed by atoms with Crippen molar-refractivity contribution in [3.05, 3.63) is 95.7 Å². The van der Waals surface area contributed by atoms with Crippen molar-refractivity contribution in [3.63, 3.8) is 0 Å². The van der Waals surface area contributed by atoms with Gasteiger partial charge >= 0.3 is 0 Å². The van der Waals surface area contributed by atoms with Crippen LogP contribution in [0.2, 0.25) is 0 Å². The van der Waals surface area contributed by atoms with E-state index in [0.717, 1.165) is 34.8 Å². The highest BCUT2D eigenvalue weighted by molar-refractivity contribution is 5.64. The normalized spacial score (nSPS) is 10.8. The maximum absolute atomic E-state index is 6.24. The Morgan fingerprint density at radius 2 is 1.77 bits per heavy atom. The summed E-state index contributed by atoms with van der Waals surface area (Å²) in [5.74, 6) is 2.65. The Balaban J connectivity index is 1.33. The Morgan fingerprint density at radius 3 is 2.63 bits per heavy atom. The third kappa shape index (κ3) is 5.64. The van der Waals surface area contributed by atoms with Crippen LogP contribution in [0.4, 0.5) is 11.5 Å². The first kappa shape index (κ1) is 22.1. The summed E-state index contributed by atoms with van der Waals surface area (Å²) >= 11 is 0. The second-order valence-corrected chi connectivity index (χ2v) is 8.10. The Bertz CT molecular complexity index is 1440. The molecule has 4 aromatic heterocycles. The number of hydrogen-bond acceptors (Lipinski definition) is 8. The van der Waals surface area contributed by atoms with Crippen LogP contribution in [0.15, 0.2) is 72.9 Å². The van der Waals surface area contributed by atoms with Crippen molar-refractivity contribution in [2.75, 3.05) is 5.32 Å². The molecule has 0 amide bonds. The van der Waals surface area contributed by atoms with E-state index in [-0.39, 0.29) is 0 Å². The monoisotopic (exact) mass is 464 g/mol. The number of tetrazole rings is 1. The summed E-state index contributed by atoms with van der Waals surface area (Å²) in [6, 6.07) is 21.6. The highest BCUT2D eigenvalue weighted by atomic mass is 16.5. The first-order chi connectivity index (χ1) is 17.1. The number of aromatic nitrogens is 7. The quantitative estimate of drug-likeness (QED) is 0.330. The number of hydrogen-bond donors (Lipinski definition) is 2. The number of rotatable bonds is 8. The number of nitrogens with zero attached hydrogens (tertiary/aromatic N) is 6. The zero-order valence-electron chi connectivity index (χ0n) is 19.4. The molecule has 174 valence electrons. The topological polar surface area (TPSA) is 114 Å². The molecule has 0 fully saturated rings. The van der Waals surface area contributed by atoms with Gasteiger partial charge in [-0.05, 0) is 68.3 Å². The minimum Gasteiger partial charge on any atom is -0.455 e. The second kappa shape index (κ2) is 10.1. The average molecular weight is 465 g/mol. The van der Waals surface area contributed by atoms with E-state index in [9.17, 15) is 0 Å². The van der Waals surface area contributed by atoms with E-state index in [1.165, 1.54) is 0 Å². The van der Waals surface area contributed by atoms with Gasteiger partial charge in [-0.25, -0.2) is 9.97 Å². The molecule has 0 spiro atoms. The largest absolute Gasteiger partial charge is 0.455 e. The van der Waals surface area contributed by atoms with Crippen molar-refractivity contribution in [1.29, 1.82) is 0 Å². The summed E-state index contributed by atoms with van der Waals surface area (Å²) in [4.78, 5) is 13.7. The highest BCUT2D eigenvalue weighted by Crippen LogP contribution is 2.32. The van der Waals surface area contributed by atoms with Crippen molar-refractivity contribution in [1.82, 2.24) is 35.6 Å². The van der Waals surface area contributed by atoms with Crippen molar-refractivity contribution in [2.45, 2.75) is 26.7 Å². The van der Waals surface area contributed by atoms with Crippen LogP contribution in [0.5, 0.6) is 11.5 Å². The van der Waals surface area contributed by atoms with Crippen molar-refractivity contribution in [2.24, 2.45) is 0 Å². The van der Waals surface area contributed by atoms with Gasteiger partial charge in [0.2, 0.25) is 0 Å². The summed E-state index contributed by atoms with van der Waals surface area (Å²) in [5, 5.41) is 17.4. The molecule has 5 rings (SSSR count). The van der Waals surface area contributed by atoms with Gasteiger partial charge in [0.15, 0.2) is 11.6 Å². The molecule has 0 saturated heterocycles. The zero-order chi connectivity index (χ0) is 24.0. The molecule has 9 nitrogen and oxygen atoms in total. The maximum atomic E-state index is 6.24. The third-order valence-corrected chi connectivity index (χ3v) is 5.31. The van der Waals surface area contributed by atoms with Gasteiger partial charge in [0.05, 0.1) is 5.69 Å². The molecule has 9 heteroatoms. The number of H-pyrrole nitrogens is 1. The summed E-state index contributed by atoms with van der Waals surface area (Å²) in [7, 11) is 0. The summed E-state index contributed by atoms with van der Waals surface area (Å²) < 4.78 is 6.24. The predicted octanol–water partition coefficient (Wildman–Crippen LogP) is 4.99. The molecule has 0 aliphatic carbocycles. The molecular formula is C26H24N8O. The number of pyridine rings is 3. The molecule has 0 atom stereocenters. The molecule has 1 aromatic carbocycles. The molecule has 2 N–H and O–H groups in total. The zero-order valence-corrected chi connectivity index (χ0v) is 19.4. The lowest BCUT2D eigenvalue weighted by Crippen LogP contribution is -1.98.